The summed E-state index contributed by atoms with van der Waals surface area (Å²) in [5.41, 5.74) is 0. The van der Waals surface area contributed by atoms with E-state index in [2.05, 4.69) is 0 Å². The second-order valence-corrected chi connectivity index (χ2v) is 6.34. The van der Waals surface area contributed by atoms with Crippen LogP contribution in [0.2, 0.25) is 0 Å². The smallest absolute Gasteiger partial charge is 0.211 e. The molecule has 0 amide bonds. The van der Waals surface area contributed by atoms with Gasteiger partial charge in [0.1, 0.15) is 4.58 Å². The van der Waals surface area contributed by atoms with Gasteiger partial charge in [0, 0.05) is 10.7 Å². The topological polar surface area (TPSA) is 34.1 Å². The van der Waals surface area contributed by atoms with Crippen molar-refractivity contribution < 1.29 is 8.42 Å². The average Bonchev–Trinajstić information content (AvgIpc) is 2.08. The van der Waals surface area contributed by atoms with Gasteiger partial charge >= 0.3 is 0 Å². The number of halogens is 1. The maximum Gasteiger partial charge on any atom is 0.244 e. The van der Waals surface area contributed by atoms with E-state index in [0.29, 0.717) is 0 Å². The van der Waals surface area contributed by atoms with Gasteiger partial charge in [0.2, 0.25) is 9.05 Å². The zero-order valence-electron chi connectivity index (χ0n) is 4.71. The molecule has 0 aliphatic carbocycles. The maximum atomic E-state index is 10.6. The molecule has 1 unspecified atom stereocenters. The molecule has 0 aromatic rings. The van der Waals surface area contributed by atoms with Crippen molar-refractivity contribution in [3.8, 4) is 0 Å². The molecule has 54 valence electrons. The molecule has 0 N–H and O–H groups in total. The van der Waals surface area contributed by atoms with Crippen LogP contribution < -0.4 is 0 Å². The first kappa shape index (κ1) is 7.69. The standard InChI is InChI=1S/C4H7ClO2S2/c5-9(6,7)4-2-1-3-8-4/h4H,1-3H2. The molecular formula is C4H7ClO2S2. The van der Waals surface area contributed by atoms with Crippen molar-refractivity contribution in [1.82, 2.24) is 0 Å². The minimum Gasteiger partial charge on any atom is -0.211 e. The summed E-state index contributed by atoms with van der Waals surface area (Å²) in [6.45, 7) is 0. The highest BCUT2D eigenvalue weighted by Gasteiger charge is 2.26. The van der Waals surface area contributed by atoms with Gasteiger partial charge in [-0.05, 0) is 18.6 Å². The Balaban J connectivity index is 2.63. The Morgan fingerprint density at radius 2 is 2.22 bits per heavy atom. The zero-order valence-corrected chi connectivity index (χ0v) is 7.10. The Bertz CT molecular complexity index is 181. The predicted octanol–water partition coefficient (Wildman–Crippen LogP) is 1.41. The number of hydrogen-bond donors (Lipinski definition) is 0. The van der Waals surface area contributed by atoms with Crippen LogP contribution in [-0.4, -0.2) is 18.8 Å². The van der Waals surface area contributed by atoms with Crippen LogP contribution in [0.5, 0.6) is 0 Å². The van der Waals surface area contributed by atoms with Crippen LogP contribution in [0.25, 0.3) is 0 Å². The fourth-order valence-corrected chi connectivity index (χ4v) is 3.82. The predicted molar refractivity (Wildman–Crippen MR) is 40.3 cm³/mol. The normalized spacial score (nSPS) is 28.8. The SMILES string of the molecule is O=S(=O)(Cl)C1CCCS1. The van der Waals surface area contributed by atoms with Gasteiger partial charge in [0.15, 0.2) is 0 Å². The summed E-state index contributed by atoms with van der Waals surface area (Å²) in [5, 5.41) is 0. The van der Waals surface area contributed by atoms with E-state index in [1.807, 2.05) is 0 Å². The van der Waals surface area contributed by atoms with E-state index >= 15 is 0 Å². The lowest BCUT2D eigenvalue weighted by atomic mass is 10.4. The molecule has 1 rings (SSSR count). The van der Waals surface area contributed by atoms with Crippen LogP contribution in [0.15, 0.2) is 0 Å². The molecule has 2 nitrogen and oxygen atoms in total. The molecule has 1 atom stereocenters. The Morgan fingerprint density at radius 1 is 1.56 bits per heavy atom. The monoisotopic (exact) mass is 186 g/mol. The van der Waals surface area contributed by atoms with Crippen molar-refractivity contribution in [1.29, 1.82) is 0 Å². The summed E-state index contributed by atoms with van der Waals surface area (Å²) < 4.78 is 20.8. The maximum absolute atomic E-state index is 10.6. The van der Waals surface area contributed by atoms with Gasteiger partial charge in [0.25, 0.3) is 0 Å². The van der Waals surface area contributed by atoms with Crippen LogP contribution in [-0.2, 0) is 9.05 Å². The van der Waals surface area contributed by atoms with Crippen molar-refractivity contribution in [2.75, 3.05) is 5.75 Å². The summed E-state index contributed by atoms with van der Waals surface area (Å²) in [5.74, 6) is 0.927. The van der Waals surface area contributed by atoms with Crippen molar-refractivity contribution in [3.63, 3.8) is 0 Å². The van der Waals surface area contributed by atoms with Crippen LogP contribution in [0.4, 0.5) is 0 Å². The molecule has 1 fully saturated rings. The minimum absolute atomic E-state index is 0.334. The molecular weight excluding hydrogens is 180 g/mol. The highest BCUT2D eigenvalue weighted by Crippen LogP contribution is 2.32. The number of hydrogen-bond acceptors (Lipinski definition) is 3. The molecule has 0 bridgehead atoms. The summed E-state index contributed by atoms with van der Waals surface area (Å²) >= 11 is 1.43. The van der Waals surface area contributed by atoms with Gasteiger partial charge < -0.3 is 0 Å². The Morgan fingerprint density at radius 3 is 2.44 bits per heavy atom. The molecule has 9 heavy (non-hydrogen) atoms. The van der Waals surface area contributed by atoms with E-state index in [1.54, 1.807) is 0 Å². The Kier molecular flexibility index (Phi) is 2.29. The molecule has 0 aromatic heterocycles. The van der Waals surface area contributed by atoms with Crippen molar-refractivity contribution in [2.24, 2.45) is 0 Å². The Hall–Kier alpha value is 0.590. The third-order valence-corrected chi connectivity index (χ3v) is 5.33. The third-order valence-electron chi connectivity index (χ3n) is 1.20. The fraction of sp³-hybridized carbons (Fsp3) is 1.00. The second-order valence-electron chi connectivity index (χ2n) is 1.92. The van der Waals surface area contributed by atoms with Crippen molar-refractivity contribution in [2.45, 2.75) is 17.4 Å². The van der Waals surface area contributed by atoms with Gasteiger partial charge in [0.05, 0.1) is 0 Å². The first-order chi connectivity index (χ1) is 4.11. The summed E-state index contributed by atoms with van der Waals surface area (Å²) in [6.07, 6.45) is 1.69. The van der Waals surface area contributed by atoms with E-state index in [4.69, 9.17) is 10.7 Å². The lowest BCUT2D eigenvalue weighted by Gasteiger charge is -1.99. The number of thioether (sulfide) groups is 1. The van der Waals surface area contributed by atoms with Crippen molar-refractivity contribution >= 4 is 31.5 Å². The third kappa shape index (κ3) is 2.02. The van der Waals surface area contributed by atoms with Crippen LogP contribution in [0, 0.1) is 0 Å². The van der Waals surface area contributed by atoms with Gasteiger partial charge in [-0.15, -0.1) is 11.8 Å². The molecule has 1 aliphatic heterocycles. The largest absolute Gasteiger partial charge is 0.244 e. The Labute approximate surface area is 63.4 Å². The zero-order chi connectivity index (χ0) is 6.91. The molecule has 0 saturated carbocycles. The fourth-order valence-electron chi connectivity index (χ4n) is 0.770. The molecule has 0 aromatic carbocycles. The molecule has 1 aliphatic rings. The first-order valence-electron chi connectivity index (χ1n) is 2.66. The molecule has 1 heterocycles. The van der Waals surface area contributed by atoms with Crippen molar-refractivity contribution in [3.05, 3.63) is 0 Å². The quantitative estimate of drug-likeness (QED) is 0.581. The van der Waals surface area contributed by atoms with E-state index < -0.39 is 9.05 Å². The molecule has 5 heteroatoms. The second kappa shape index (κ2) is 2.68. The summed E-state index contributed by atoms with van der Waals surface area (Å²) in [6, 6.07) is 0. The first-order valence-corrected chi connectivity index (χ1v) is 6.08. The van der Waals surface area contributed by atoms with Gasteiger partial charge in [-0.2, -0.15) is 0 Å². The lowest BCUT2D eigenvalue weighted by Crippen LogP contribution is -2.06. The summed E-state index contributed by atoms with van der Waals surface area (Å²) in [7, 11) is 1.82. The number of rotatable bonds is 1. The van der Waals surface area contributed by atoms with Gasteiger partial charge in [-0.3, -0.25) is 0 Å². The minimum atomic E-state index is -3.27. The van der Waals surface area contributed by atoms with Gasteiger partial charge in [-0.25, -0.2) is 8.42 Å². The van der Waals surface area contributed by atoms with E-state index in [-0.39, 0.29) is 4.58 Å². The van der Waals surface area contributed by atoms with E-state index in [1.165, 1.54) is 11.8 Å². The summed E-state index contributed by atoms with van der Waals surface area (Å²) in [4.78, 5) is 0. The average molecular weight is 187 g/mol. The van der Waals surface area contributed by atoms with E-state index in [9.17, 15) is 8.42 Å². The molecule has 1 saturated heterocycles. The highest BCUT2D eigenvalue weighted by atomic mass is 35.7. The lowest BCUT2D eigenvalue weighted by molar-refractivity contribution is 0.605. The molecule has 0 radical (unpaired) electrons. The van der Waals surface area contributed by atoms with Crippen LogP contribution >= 0.6 is 22.4 Å². The van der Waals surface area contributed by atoms with E-state index in [0.717, 1.165) is 18.6 Å². The highest BCUT2D eigenvalue weighted by molar-refractivity contribution is 8.24. The van der Waals surface area contributed by atoms with Crippen LogP contribution in [0.1, 0.15) is 12.8 Å². The van der Waals surface area contributed by atoms with Crippen LogP contribution in [0.3, 0.4) is 0 Å². The molecule has 0 spiro atoms. The van der Waals surface area contributed by atoms with Gasteiger partial charge in [-0.1, -0.05) is 0 Å².